The minimum atomic E-state index is -0.485. The number of carbonyl (C=O) groups excluding carboxylic acids is 1. The molecule has 1 saturated heterocycles. The summed E-state index contributed by atoms with van der Waals surface area (Å²) in [5.41, 5.74) is 0.830. The summed E-state index contributed by atoms with van der Waals surface area (Å²) in [6, 6.07) is 4.44. The number of benzene rings is 1. The normalized spacial score (nSPS) is 24.2. The highest BCUT2D eigenvalue weighted by atomic mass is 35.5. The number of likely N-dealkylation sites (tertiary alicyclic amines) is 1. The number of amides is 1. The first-order valence-corrected chi connectivity index (χ1v) is 10.8. The molecule has 1 saturated carbocycles. The van der Waals surface area contributed by atoms with Crippen LogP contribution in [-0.4, -0.2) is 48.4 Å². The zero-order valence-corrected chi connectivity index (χ0v) is 19.2. The van der Waals surface area contributed by atoms with Gasteiger partial charge in [-0.05, 0) is 82.9 Å². The Morgan fingerprint density at radius 3 is 2.55 bits per heavy atom. The molecule has 1 amide bonds. The van der Waals surface area contributed by atoms with E-state index in [0.29, 0.717) is 41.5 Å². The molecule has 31 heavy (non-hydrogen) atoms. The van der Waals surface area contributed by atoms with Gasteiger partial charge in [0.05, 0.1) is 0 Å². The SMILES string of the molecule is C=N/C(=N\C=C(/C)c1cc(F)ccc1Cl)N[C@H]1C[C@@H]2CN(C(=O)OC(C)(C)C)C[C@@H]2C1. The standard InChI is InChI=1S/C23H30ClFN4O2/c1-14(19-10-17(25)6-7-20(19)24)11-27-21(26-5)28-18-8-15-12-29(13-16(15)9-18)22(30)31-23(2,3)4/h6-7,10-11,15-16,18H,5,8-9,12-13H2,1-4H3,(H,27,28)/b14-11+/t15-,16+,18+. The Kier molecular flexibility index (Phi) is 7.04. The first-order chi connectivity index (χ1) is 14.6. The number of fused-ring (bicyclic) bond motifs is 1. The second-order valence-corrected chi connectivity index (χ2v) is 9.67. The van der Waals surface area contributed by atoms with E-state index >= 15 is 0 Å². The summed E-state index contributed by atoms with van der Waals surface area (Å²) in [4.78, 5) is 22.5. The number of aliphatic imine (C=N–C) groups is 2. The Morgan fingerprint density at radius 1 is 1.32 bits per heavy atom. The molecule has 3 rings (SSSR count). The molecule has 2 fully saturated rings. The second kappa shape index (κ2) is 9.39. The molecule has 0 radical (unpaired) electrons. The summed E-state index contributed by atoms with van der Waals surface area (Å²) in [6.45, 7) is 12.5. The van der Waals surface area contributed by atoms with E-state index < -0.39 is 5.60 Å². The van der Waals surface area contributed by atoms with E-state index in [1.54, 1.807) is 6.20 Å². The van der Waals surface area contributed by atoms with Crippen LogP contribution in [0.5, 0.6) is 0 Å². The highest BCUT2D eigenvalue weighted by Crippen LogP contribution is 2.38. The van der Waals surface area contributed by atoms with E-state index in [1.807, 2.05) is 32.6 Å². The van der Waals surface area contributed by atoms with Gasteiger partial charge in [0, 0.05) is 35.9 Å². The lowest BCUT2D eigenvalue weighted by Crippen LogP contribution is -2.37. The molecule has 0 spiro atoms. The highest BCUT2D eigenvalue weighted by Gasteiger charge is 2.43. The van der Waals surface area contributed by atoms with Gasteiger partial charge in [-0.15, -0.1) is 0 Å². The van der Waals surface area contributed by atoms with Crippen LogP contribution in [0, 0.1) is 17.7 Å². The second-order valence-electron chi connectivity index (χ2n) is 9.27. The maximum absolute atomic E-state index is 13.5. The number of hydrogen-bond donors (Lipinski definition) is 1. The molecule has 1 aliphatic carbocycles. The van der Waals surface area contributed by atoms with Crippen molar-refractivity contribution in [2.24, 2.45) is 21.8 Å². The smallest absolute Gasteiger partial charge is 0.410 e. The molecule has 168 valence electrons. The van der Waals surface area contributed by atoms with Crippen LogP contribution < -0.4 is 5.32 Å². The topological polar surface area (TPSA) is 66.3 Å². The fraction of sp³-hybridized carbons (Fsp3) is 0.522. The number of guanidine groups is 1. The lowest BCUT2D eigenvalue weighted by molar-refractivity contribution is 0.0279. The quantitative estimate of drug-likeness (QED) is 0.514. The number of nitrogens with one attached hydrogen (secondary N) is 1. The van der Waals surface area contributed by atoms with Crippen LogP contribution in [0.25, 0.3) is 5.57 Å². The molecule has 1 N–H and O–H groups in total. The minimum absolute atomic E-state index is 0.214. The first kappa shape index (κ1) is 23.3. The van der Waals surface area contributed by atoms with Gasteiger partial charge in [-0.3, -0.25) is 0 Å². The predicted octanol–water partition coefficient (Wildman–Crippen LogP) is 5.13. The summed E-state index contributed by atoms with van der Waals surface area (Å²) in [5, 5.41) is 3.81. The third-order valence-corrected chi connectivity index (χ3v) is 5.95. The van der Waals surface area contributed by atoms with Crippen molar-refractivity contribution in [1.82, 2.24) is 10.2 Å². The number of halogens is 2. The van der Waals surface area contributed by atoms with Gasteiger partial charge in [-0.1, -0.05) is 11.6 Å². The van der Waals surface area contributed by atoms with Crippen molar-refractivity contribution in [3.05, 3.63) is 40.8 Å². The van der Waals surface area contributed by atoms with E-state index in [4.69, 9.17) is 16.3 Å². The average Bonchev–Trinajstić information content (AvgIpc) is 3.24. The largest absolute Gasteiger partial charge is 0.444 e. The maximum Gasteiger partial charge on any atom is 0.410 e. The zero-order valence-electron chi connectivity index (χ0n) is 18.5. The van der Waals surface area contributed by atoms with Crippen molar-refractivity contribution in [2.75, 3.05) is 13.1 Å². The van der Waals surface area contributed by atoms with Crippen LogP contribution in [0.15, 0.2) is 34.4 Å². The Morgan fingerprint density at radius 2 is 1.97 bits per heavy atom. The molecule has 0 bridgehead atoms. The lowest BCUT2D eigenvalue weighted by atomic mass is 10.0. The van der Waals surface area contributed by atoms with E-state index in [-0.39, 0.29) is 18.0 Å². The van der Waals surface area contributed by atoms with E-state index in [0.717, 1.165) is 18.4 Å². The van der Waals surface area contributed by atoms with Gasteiger partial charge >= 0.3 is 6.09 Å². The van der Waals surface area contributed by atoms with Gasteiger partial charge in [0.15, 0.2) is 0 Å². The molecule has 0 aromatic heterocycles. The van der Waals surface area contributed by atoms with Crippen LogP contribution in [0.2, 0.25) is 5.02 Å². The number of nitrogens with zero attached hydrogens (tertiary/aromatic N) is 3. The van der Waals surface area contributed by atoms with E-state index in [9.17, 15) is 9.18 Å². The molecule has 2 aliphatic rings. The fourth-order valence-corrected chi connectivity index (χ4v) is 4.49. The predicted molar refractivity (Wildman–Crippen MR) is 123 cm³/mol. The van der Waals surface area contributed by atoms with Gasteiger partial charge in [0.25, 0.3) is 0 Å². The molecule has 3 atom stereocenters. The molecule has 1 heterocycles. The van der Waals surface area contributed by atoms with Gasteiger partial charge < -0.3 is 15.0 Å². The molecule has 1 aliphatic heterocycles. The summed E-state index contributed by atoms with van der Waals surface area (Å²) in [7, 11) is 0. The highest BCUT2D eigenvalue weighted by molar-refractivity contribution is 6.32. The van der Waals surface area contributed by atoms with Crippen LogP contribution in [0.4, 0.5) is 9.18 Å². The lowest BCUT2D eigenvalue weighted by Gasteiger charge is -2.25. The Labute approximate surface area is 188 Å². The van der Waals surface area contributed by atoms with Gasteiger partial charge in [0.2, 0.25) is 5.96 Å². The van der Waals surface area contributed by atoms with E-state index in [1.165, 1.54) is 18.2 Å². The van der Waals surface area contributed by atoms with Crippen molar-refractivity contribution in [1.29, 1.82) is 0 Å². The summed E-state index contributed by atoms with van der Waals surface area (Å²) in [6.07, 6.45) is 3.23. The summed E-state index contributed by atoms with van der Waals surface area (Å²) in [5.74, 6) is 0.925. The number of rotatable bonds is 3. The fourth-order valence-electron chi connectivity index (χ4n) is 4.23. The van der Waals surface area contributed by atoms with Crippen molar-refractivity contribution in [3.8, 4) is 0 Å². The Balaban J connectivity index is 1.58. The Bertz CT molecular complexity index is 895. The molecule has 1 aromatic carbocycles. The minimum Gasteiger partial charge on any atom is -0.444 e. The average molecular weight is 449 g/mol. The maximum atomic E-state index is 13.5. The number of carbonyl (C=O) groups is 1. The van der Waals surface area contributed by atoms with Crippen LogP contribution in [0.3, 0.4) is 0 Å². The molecule has 1 aromatic rings. The first-order valence-electron chi connectivity index (χ1n) is 10.5. The summed E-state index contributed by atoms with van der Waals surface area (Å²) >= 11 is 6.16. The molecule has 6 nitrogen and oxygen atoms in total. The number of allylic oxidation sites excluding steroid dienone is 1. The summed E-state index contributed by atoms with van der Waals surface area (Å²) < 4.78 is 19.0. The number of hydrogen-bond acceptors (Lipinski definition) is 3. The van der Waals surface area contributed by atoms with Crippen molar-refractivity contribution in [3.63, 3.8) is 0 Å². The molecular formula is C23H30ClFN4O2. The van der Waals surface area contributed by atoms with Crippen molar-refractivity contribution < 1.29 is 13.9 Å². The van der Waals surface area contributed by atoms with Crippen LogP contribution in [0.1, 0.15) is 46.1 Å². The third kappa shape index (κ3) is 6.06. The van der Waals surface area contributed by atoms with Crippen LogP contribution in [-0.2, 0) is 4.74 Å². The molecular weight excluding hydrogens is 419 g/mol. The molecule has 0 unspecified atom stereocenters. The van der Waals surface area contributed by atoms with E-state index in [2.05, 4.69) is 22.0 Å². The molecule has 8 heteroatoms. The van der Waals surface area contributed by atoms with Crippen molar-refractivity contribution in [2.45, 2.75) is 52.2 Å². The zero-order chi connectivity index (χ0) is 22.8. The van der Waals surface area contributed by atoms with Crippen molar-refractivity contribution >= 4 is 35.9 Å². The van der Waals surface area contributed by atoms with Gasteiger partial charge in [-0.25, -0.2) is 19.2 Å². The Hall–Kier alpha value is -2.41. The van der Waals surface area contributed by atoms with Crippen LogP contribution >= 0.6 is 11.6 Å². The monoisotopic (exact) mass is 448 g/mol. The number of ether oxygens (including phenoxy) is 1. The van der Waals surface area contributed by atoms with Gasteiger partial charge in [0.1, 0.15) is 11.4 Å². The third-order valence-electron chi connectivity index (χ3n) is 5.62. The van der Waals surface area contributed by atoms with Gasteiger partial charge in [-0.2, -0.15) is 0 Å².